The molecular weight excluding hydrogens is 294 g/mol. The Morgan fingerprint density at radius 1 is 1.71 bits per heavy atom. The van der Waals surface area contributed by atoms with E-state index in [2.05, 4.69) is 20.9 Å². The molecule has 17 heavy (non-hydrogen) atoms. The van der Waals surface area contributed by atoms with E-state index in [1.807, 2.05) is 0 Å². The summed E-state index contributed by atoms with van der Waals surface area (Å²) in [6.45, 7) is 1.34. The second-order valence-electron chi connectivity index (χ2n) is 3.41. The van der Waals surface area contributed by atoms with Crippen molar-refractivity contribution in [3.8, 4) is 0 Å². The summed E-state index contributed by atoms with van der Waals surface area (Å²) in [5.41, 5.74) is 0.307. The highest BCUT2D eigenvalue weighted by Gasteiger charge is 2.19. The summed E-state index contributed by atoms with van der Waals surface area (Å²) in [6.07, 6.45) is 1.12. The Bertz CT molecular complexity index is 478. The third kappa shape index (κ3) is 2.90. The van der Waals surface area contributed by atoms with E-state index in [1.54, 1.807) is 14.0 Å². The van der Waals surface area contributed by atoms with Gasteiger partial charge in [-0.3, -0.25) is 14.9 Å². The number of pyridine rings is 1. The summed E-state index contributed by atoms with van der Waals surface area (Å²) in [5.74, 6) is -0.646. The molecule has 1 aromatic rings. The lowest BCUT2D eigenvalue weighted by molar-refractivity contribution is -0.385. The van der Waals surface area contributed by atoms with E-state index in [9.17, 15) is 14.9 Å². The Kier molecular flexibility index (Phi) is 4.00. The topological polar surface area (TPSA) is 96.6 Å². The summed E-state index contributed by atoms with van der Waals surface area (Å²) in [4.78, 5) is 26.0. The van der Waals surface area contributed by atoms with Crippen molar-refractivity contribution in [2.45, 2.75) is 6.92 Å². The largest absolute Gasteiger partial charge is 0.480 e. The van der Waals surface area contributed by atoms with Gasteiger partial charge in [-0.1, -0.05) is 0 Å². The quantitative estimate of drug-likeness (QED) is 0.670. The monoisotopic (exact) mass is 303 g/mol. The van der Waals surface area contributed by atoms with E-state index in [4.69, 9.17) is 5.11 Å². The van der Waals surface area contributed by atoms with E-state index in [-0.39, 0.29) is 12.2 Å². The van der Waals surface area contributed by atoms with Crippen LogP contribution in [0.1, 0.15) is 5.56 Å². The van der Waals surface area contributed by atoms with Crippen LogP contribution in [0.25, 0.3) is 0 Å². The van der Waals surface area contributed by atoms with Gasteiger partial charge in [0, 0.05) is 12.6 Å². The Morgan fingerprint density at radius 3 is 2.76 bits per heavy atom. The summed E-state index contributed by atoms with van der Waals surface area (Å²) < 4.78 is 0.426. The van der Waals surface area contributed by atoms with Gasteiger partial charge in [0.1, 0.15) is 18.6 Å². The maximum atomic E-state index is 10.7. The molecule has 0 saturated carbocycles. The molecule has 0 amide bonds. The van der Waals surface area contributed by atoms with Crippen molar-refractivity contribution in [3.63, 3.8) is 0 Å². The van der Waals surface area contributed by atoms with Crippen LogP contribution in [-0.4, -0.2) is 34.6 Å². The molecule has 1 aromatic heterocycles. The zero-order chi connectivity index (χ0) is 13.2. The van der Waals surface area contributed by atoms with Crippen LogP contribution in [0.15, 0.2) is 10.7 Å². The van der Waals surface area contributed by atoms with Gasteiger partial charge < -0.3 is 10.0 Å². The average Bonchev–Trinajstić information content (AvgIpc) is 2.20. The van der Waals surface area contributed by atoms with E-state index in [0.29, 0.717) is 15.9 Å². The van der Waals surface area contributed by atoms with Crippen LogP contribution >= 0.6 is 15.9 Å². The van der Waals surface area contributed by atoms with Crippen LogP contribution in [0.2, 0.25) is 0 Å². The molecule has 7 nitrogen and oxygen atoms in total. The summed E-state index contributed by atoms with van der Waals surface area (Å²) in [5, 5.41) is 19.3. The number of aromatic nitrogens is 1. The number of nitrogens with zero attached hydrogens (tertiary/aromatic N) is 3. The van der Waals surface area contributed by atoms with Crippen LogP contribution in [0.4, 0.5) is 11.5 Å². The zero-order valence-electron chi connectivity index (χ0n) is 9.18. The van der Waals surface area contributed by atoms with Crippen molar-refractivity contribution >= 4 is 33.4 Å². The lowest BCUT2D eigenvalue weighted by atomic mass is 10.2. The number of anilines is 1. The highest BCUT2D eigenvalue weighted by Crippen LogP contribution is 2.31. The highest BCUT2D eigenvalue weighted by molar-refractivity contribution is 9.10. The van der Waals surface area contributed by atoms with Gasteiger partial charge in [-0.05, 0) is 22.9 Å². The predicted molar refractivity (Wildman–Crippen MR) is 64.2 cm³/mol. The number of likely N-dealkylation sites (N-methyl/N-ethyl adjacent to an activating group) is 1. The molecule has 0 radical (unpaired) electrons. The number of halogens is 1. The average molecular weight is 304 g/mol. The molecule has 0 unspecified atom stereocenters. The minimum Gasteiger partial charge on any atom is -0.480 e. The summed E-state index contributed by atoms with van der Waals surface area (Å²) in [7, 11) is 1.55. The molecule has 0 fully saturated rings. The molecule has 0 spiro atoms. The number of nitro groups is 1. The lowest BCUT2D eigenvalue weighted by Crippen LogP contribution is -2.26. The first-order valence-corrected chi connectivity index (χ1v) is 5.36. The van der Waals surface area contributed by atoms with Crippen molar-refractivity contribution in [3.05, 3.63) is 26.3 Å². The van der Waals surface area contributed by atoms with E-state index in [1.165, 1.54) is 4.90 Å². The third-order valence-corrected chi connectivity index (χ3v) is 3.10. The van der Waals surface area contributed by atoms with Crippen molar-refractivity contribution in [1.29, 1.82) is 0 Å². The molecule has 8 heteroatoms. The molecule has 1 N–H and O–H groups in total. The minimum absolute atomic E-state index is 0.107. The smallest absolute Gasteiger partial charge is 0.323 e. The molecular formula is C9H10BrN3O4. The molecule has 1 rings (SSSR count). The Balaban J connectivity index is 3.16. The number of carboxylic acid groups (broad SMARTS) is 1. The second-order valence-corrected chi connectivity index (χ2v) is 4.21. The predicted octanol–water partition coefficient (Wildman–Crippen LogP) is 1.58. The standard InChI is InChI=1S/C9H10BrN3O4/c1-5-6(13(16)17)3-11-9(8(5)10)12(2)4-7(14)15/h3H,4H2,1-2H3,(H,14,15). The van der Waals surface area contributed by atoms with Crippen molar-refractivity contribution in [1.82, 2.24) is 4.98 Å². The van der Waals surface area contributed by atoms with Crippen molar-refractivity contribution in [2.24, 2.45) is 0 Å². The van der Waals surface area contributed by atoms with Gasteiger partial charge in [0.2, 0.25) is 0 Å². The maximum Gasteiger partial charge on any atom is 0.323 e. The van der Waals surface area contributed by atoms with Gasteiger partial charge in [0.05, 0.1) is 9.40 Å². The Hall–Kier alpha value is -1.70. The van der Waals surface area contributed by atoms with Gasteiger partial charge in [0.15, 0.2) is 0 Å². The van der Waals surface area contributed by atoms with Crippen molar-refractivity contribution < 1.29 is 14.8 Å². The lowest BCUT2D eigenvalue weighted by Gasteiger charge is -2.17. The first kappa shape index (κ1) is 13.4. The van der Waals surface area contributed by atoms with Crippen LogP contribution in [-0.2, 0) is 4.79 Å². The fourth-order valence-corrected chi connectivity index (χ4v) is 1.89. The van der Waals surface area contributed by atoms with E-state index in [0.717, 1.165) is 6.20 Å². The molecule has 92 valence electrons. The molecule has 0 atom stereocenters. The first-order chi connectivity index (χ1) is 7.84. The number of carbonyl (C=O) groups is 1. The van der Waals surface area contributed by atoms with Gasteiger partial charge >= 0.3 is 5.97 Å². The maximum absolute atomic E-state index is 10.7. The van der Waals surface area contributed by atoms with E-state index < -0.39 is 10.9 Å². The molecule has 0 aliphatic rings. The molecule has 0 aliphatic heterocycles. The fraction of sp³-hybridized carbons (Fsp3) is 0.333. The molecule has 0 aliphatic carbocycles. The minimum atomic E-state index is -1.00. The Labute approximate surface area is 105 Å². The van der Waals surface area contributed by atoms with Gasteiger partial charge in [-0.25, -0.2) is 4.98 Å². The van der Waals surface area contributed by atoms with Crippen LogP contribution < -0.4 is 4.90 Å². The molecule has 1 heterocycles. The summed E-state index contributed by atoms with van der Waals surface area (Å²) >= 11 is 3.19. The third-order valence-electron chi connectivity index (χ3n) is 2.15. The normalized spacial score (nSPS) is 10.1. The van der Waals surface area contributed by atoms with Gasteiger partial charge in [-0.2, -0.15) is 0 Å². The number of carboxylic acids is 1. The fourth-order valence-electron chi connectivity index (χ4n) is 1.28. The SMILES string of the molecule is Cc1c([N+](=O)[O-])cnc(N(C)CC(=O)O)c1Br. The van der Waals surface area contributed by atoms with Gasteiger partial charge in [0.25, 0.3) is 5.69 Å². The molecule has 0 aromatic carbocycles. The van der Waals surface area contributed by atoms with Crippen LogP contribution in [0.3, 0.4) is 0 Å². The number of hydrogen-bond donors (Lipinski definition) is 1. The first-order valence-electron chi connectivity index (χ1n) is 4.57. The molecule has 0 bridgehead atoms. The van der Waals surface area contributed by atoms with Crippen molar-refractivity contribution in [2.75, 3.05) is 18.5 Å². The second kappa shape index (κ2) is 5.09. The zero-order valence-corrected chi connectivity index (χ0v) is 10.8. The number of aliphatic carboxylic acids is 1. The van der Waals surface area contributed by atoms with E-state index >= 15 is 0 Å². The van der Waals surface area contributed by atoms with Crippen LogP contribution in [0.5, 0.6) is 0 Å². The number of hydrogen-bond acceptors (Lipinski definition) is 5. The Morgan fingerprint density at radius 2 is 2.29 bits per heavy atom. The van der Waals surface area contributed by atoms with Gasteiger partial charge in [-0.15, -0.1) is 0 Å². The van der Waals surface area contributed by atoms with Crippen LogP contribution in [0, 0.1) is 17.0 Å². The number of rotatable bonds is 4. The molecule has 0 saturated heterocycles. The summed E-state index contributed by atoms with van der Waals surface area (Å²) in [6, 6.07) is 0. The highest BCUT2D eigenvalue weighted by atomic mass is 79.9.